The number of rotatable bonds is 8. The standard InChI is InChI=1S/C17H27N5O3/c1-3-24-13(2)17-19-16(25-20-17)12-21-8-5-14(6-9-21)15-4-7-18-22(15)10-11-23/h4,7,13-14,23H,3,5-6,8-12H2,1-2H3. The van der Waals surface area contributed by atoms with Crippen molar-refractivity contribution in [3.8, 4) is 0 Å². The number of hydrogen-bond donors (Lipinski definition) is 1. The molecule has 2 aromatic rings. The third-order valence-electron chi connectivity index (χ3n) is 4.69. The van der Waals surface area contributed by atoms with Crippen LogP contribution in [0.5, 0.6) is 0 Å². The fourth-order valence-electron chi connectivity index (χ4n) is 3.37. The van der Waals surface area contributed by atoms with Gasteiger partial charge in [0.25, 0.3) is 0 Å². The van der Waals surface area contributed by atoms with E-state index in [4.69, 9.17) is 14.4 Å². The Balaban J connectivity index is 1.52. The maximum atomic E-state index is 9.14. The second kappa shape index (κ2) is 8.55. The number of likely N-dealkylation sites (tertiary alicyclic amines) is 1. The van der Waals surface area contributed by atoms with Gasteiger partial charge in [0.1, 0.15) is 6.10 Å². The van der Waals surface area contributed by atoms with E-state index in [1.165, 1.54) is 5.69 Å². The number of aliphatic hydroxyl groups excluding tert-OH is 1. The smallest absolute Gasteiger partial charge is 0.240 e. The summed E-state index contributed by atoms with van der Waals surface area (Å²) in [6.45, 7) is 7.83. The van der Waals surface area contributed by atoms with Gasteiger partial charge in [-0.25, -0.2) is 0 Å². The Morgan fingerprint density at radius 2 is 2.20 bits per heavy atom. The number of ether oxygens (including phenoxy) is 1. The van der Waals surface area contributed by atoms with Crippen LogP contribution in [0.4, 0.5) is 0 Å². The molecule has 0 radical (unpaired) electrons. The van der Waals surface area contributed by atoms with Gasteiger partial charge >= 0.3 is 0 Å². The third kappa shape index (κ3) is 4.45. The molecule has 1 N–H and O–H groups in total. The summed E-state index contributed by atoms with van der Waals surface area (Å²) in [5.74, 6) is 1.74. The minimum atomic E-state index is -0.139. The van der Waals surface area contributed by atoms with Crippen LogP contribution in [0.3, 0.4) is 0 Å². The molecule has 1 aliphatic heterocycles. The molecule has 138 valence electrons. The predicted molar refractivity (Wildman–Crippen MR) is 90.9 cm³/mol. The van der Waals surface area contributed by atoms with Crippen molar-refractivity contribution in [2.75, 3.05) is 26.3 Å². The third-order valence-corrected chi connectivity index (χ3v) is 4.69. The Kier molecular flexibility index (Phi) is 6.17. The van der Waals surface area contributed by atoms with Crippen LogP contribution in [0, 0.1) is 0 Å². The van der Waals surface area contributed by atoms with Gasteiger partial charge in [-0.15, -0.1) is 0 Å². The van der Waals surface area contributed by atoms with E-state index in [9.17, 15) is 0 Å². The Bertz CT molecular complexity index is 648. The quantitative estimate of drug-likeness (QED) is 0.776. The van der Waals surface area contributed by atoms with Crippen molar-refractivity contribution in [3.05, 3.63) is 29.7 Å². The molecular formula is C17H27N5O3. The fraction of sp³-hybridized carbons (Fsp3) is 0.706. The van der Waals surface area contributed by atoms with Crippen molar-refractivity contribution in [2.45, 2.75) is 51.8 Å². The lowest BCUT2D eigenvalue weighted by atomic mass is 9.93. The summed E-state index contributed by atoms with van der Waals surface area (Å²) in [4.78, 5) is 6.78. The lowest BCUT2D eigenvalue weighted by Crippen LogP contribution is -2.33. The molecule has 8 nitrogen and oxygen atoms in total. The molecule has 0 aliphatic carbocycles. The van der Waals surface area contributed by atoms with Gasteiger partial charge in [0.15, 0.2) is 5.82 Å². The van der Waals surface area contributed by atoms with Gasteiger partial charge in [0.2, 0.25) is 5.89 Å². The van der Waals surface area contributed by atoms with E-state index in [2.05, 4.69) is 26.2 Å². The summed E-state index contributed by atoms with van der Waals surface area (Å²) in [5, 5.41) is 17.5. The molecule has 0 saturated carbocycles. The van der Waals surface area contributed by atoms with E-state index < -0.39 is 0 Å². The lowest BCUT2D eigenvalue weighted by Gasteiger charge is -2.31. The molecule has 0 amide bonds. The largest absolute Gasteiger partial charge is 0.394 e. The zero-order valence-electron chi connectivity index (χ0n) is 15.0. The first-order chi connectivity index (χ1) is 12.2. The molecular weight excluding hydrogens is 322 g/mol. The molecule has 1 fully saturated rings. The van der Waals surface area contributed by atoms with Gasteiger partial charge < -0.3 is 14.4 Å². The molecule has 1 atom stereocenters. The van der Waals surface area contributed by atoms with Crippen LogP contribution in [0.15, 0.2) is 16.8 Å². The number of piperidine rings is 1. The normalized spacial score (nSPS) is 17.9. The summed E-state index contributed by atoms with van der Waals surface area (Å²) in [7, 11) is 0. The predicted octanol–water partition coefficient (Wildman–Crippen LogP) is 1.74. The fourth-order valence-corrected chi connectivity index (χ4v) is 3.37. The zero-order chi connectivity index (χ0) is 17.6. The number of hydrogen-bond acceptors (Lipinski definition) is 7. The van der Waals surface area contributed by atoms with Crippen LogP contribution in [0.2, 0.25) is 0 Å². The average molecular weight is 349 g/mol. The monoisotopic (exact) mass is 349 g/mol. The maximum Gasteiger partial charge on any atom is 0.240 e. The van der Waals surface area contributed by atoms with Gasteiger partial charge in [-0.05, 0) is 45.8 Å². The van der Waals surface area contributed by atoms with Crippen molar-refractivity contribution < 1.29 is 14.4 Å². The van der Waals surface area contributed by atoms with Crippen molar-refractivity contribution >= 4 is 0 Å². The van der Waals surface area contributed by atoms with Crippen LogP contribution in [-0.2, 0) is 17.8 Å². The highest BCUT2D eigenvalue weighted by Gasteiger charge is 2.24. The SMILES string of the molecule is CCOC(C)c1noc(CN2CCC(c3ccnn3CCO)CC2)n1. The summed E-state index contributed by atoms with van der Waals surface area (Å²) >= 11 is 0. The van der Waals surface area contributed by atoms with Crippen molar-refractivity contribution in [1.29, 1.82) is 0 Å². The number of aliphatic hydroxyl groups is 1. The van der Waals surface area contributed by atoms with Crippen LogP contribution in [-0.4, -0.2) is 56.2 Å². The highest BCUT2D eigenvalue weighted by Crippen LogP contribution is 2.28. The molecule has 3 rings (SSSR count). The zero-order valence-corrected chi connectivity index (χ0v) is 15.0. The Morgan fingerprint density at radius 3 is 2.92 bits per heavy atom. The van der Waals surface area contributed by atoms with Crippen molar-refractivity contribution in [2.24, 2.45) is 0 Å². The maximum absolute atomic E-state index is 9.14. The lowest BCUT2D eigenvalue weighted by molar-refractivity contribution is 0.0683. The van der Waals surface area contributed by atoms with Gasteiger partial charge in [0, 0.05) is 24.4 Å². The molecule has 0 aromatic carbocycles. The van der Waals surface area contributed by atoms with E-state index in [0.717, 1.165) is 25.9 Å². The highest BCUT2D eigenvalue weighted by molar-refractivity contribution is 5.09. The van der Waals surface area contributed by atoms with E-state index in [-0.39, 0.29) is 12.7 Å². The van der Waals surface area contributed by atoms with E-state index in [1.807, 2.05) is 24.7 Å². The van der Waals surface area contributed by atoms with Gasteiger partial charge in [0.05, 0.1) is 19.7 Å². The molecule has 0 bridgehead atoms. The molecule has 1 unspecified atom stereocenters. The Morgan fingerprint density at radius 1 is 1.40 bits per heavy atom. The van der Waals surface area contributed by atoms with Gasteiger partial charge in [-0.2, -0.15) is 10.1 Å². The van der Waals surface area contributed by atoms with Gasteiger partial charge in [-0.1, -0.05) is 5.16 Å². The van der Waals surface area contributed by atoms with E-state index >= 15 is 0 Å². The number of aromatic nitrogens is 4. The molecule has 1 saturated heterocycles. The van der Waals surface area contributed by atoms with E-state index in [0.29, 0.717) is 37.3 Å². The van der Waals surface area contributed by atoms with Crippen LogP contribution < -0.4 is 0 Å². The second-order valence-electron chi connectivity index (χ2n) is 6.40. The van der Waals surface area contributed by atoms with Gasteiger partial charge in [-0.3, -0.25) is 9.58 Å². The molecule has 25 heavy (non-hydrogen) atoms. The summed E-state index contributed by atoms with van der Waals surface area (Å²) in [5.41, 5.74) is 1.22. The van der Waals surface area contributed by atoms with Crippen molar-refractivity contribution in [3.63, 3.8) is 0 Å². The van der Waals surface area contributed by atoms with Crippen LogP contribution >= 0.6 is 0 Å². The first-order valence-electron chi connectivity index (χ1n) is 9.00. The minimum absolute atomic E-state index is 0.118. The molecule has 2 aromatic heterocycles. The topological polar surface area (TPSA) is 89.4 Å². The molecule has 8 heteroatoms. The first kappa shape index (κ1) is 18.0. The minimum Gasteiger partial charge on any atom is -0.394 e. The summed E-state index contributed by atoms with van der Waals surface area (Å²) in [6.07, 6.45) is 3.80. The van der Waals surface area contributed by atoms with Crippen LogP contribution in [0.25, 0.3) is 0 Å². The second-order valence-corrected chi connectivity index (χ2v) is 6.40. The number of nitrogens with zero attached hydrogens (tertiary/aromatic N) is 5. The summed E-state index contributed by atoms with van der Waals surface area (Å²) < 4.78 is 12.8. The average Bonchev–Trinajstić information content (AvgIpc) is 3.26. The summed E-state index contributed by atoms with van der Waals surface area (Å²) in [6, 6.07) is 2.06. The first-order valence-corrected chi connectivity index (χ1v) is 9.00. The Hall–Kier alpha value is -1.77. The van der Waals surface area contributed by atoms with Crippen molar-refractivity contribution in [1.82, 2.24) is 24.8 Å². The Labute approximate surface area is 147 Å². The van der Waals surface area contributed by atoms with E-state index in [1.54, 1.807) is 0 Å². The molecule has 3 heterocycles. The molecule has 1 aliphatic rings. The highest BCUT2D eigenvalue weighted by atomic mass is 16.5. The molecule has 0 spiro atoms. The van der Waals surface area contributed by atoms with Crippen LogP contribution in [0.1, 0.15) is 56.1 Å².